The first-order chi connectivity index (χ1) is 12.7. The van der Waals surface area contributed by atoms with Crippen molar-refractivity contribution >= 4 is 18.5 Å². The van der Waals surface area contributed by atoms with Crippen LogP contribution in [0.25, 0.3) is 0 Å². The smallest absolute Gasteiger partial charge is 0.410 e. The summed E-state index contributed by atoms with van der Waals surface area (Å²) in [5.41, 5.74) is 0.500. The van der Waals surface area contributed by atoms with Gasteiger partial charge in [-0.25, -0.2) is 4.79 Å². The maximum Gasteiger partial charge on any atom is 0.416 e. The normalized spacial score (nSPS) is 12.1. The van der Waals surface area contributed by atoms with E-state index in [2.05, 4.69) is 5.32 Å². The molecule has 2 rings (SSSR count). The van der Waals surface area contributed by atoms with Gasteiger partial charge in [0.25, 0.3) is 0 Å². The standard InChI is InChI=1S/C20H23F3N2O2.ClH/c1-24-18(12-11-14-7-4-5-10-17(14)20(21,22)23)15-8-6-9-16(13-15)27-19(26)25(2)3;/h4-10,13,18,24H,11-12H2,1-3H3;1H. The highest BCUT2D eigenvalue weighted by Gasteiger charge is 2.32. The summed E-state index contributed by atoms with van der Waals surface area (Å²) >= 11 is 0. The first-order valence-corrected chi connectivity index (χ1v) is 8.54. The molecule has 0 aliphatic rings. The summed E-state index contributed by atoms with van der Waals surface area (Å²) in [4.78, 5) is 13.0. The summed E-state index contributed by atoms with van der Waals surface area (Å²) in [7, 11) is 4.92. The summed E-state index contributed by atoms with van der Waals surface area (Å²) in [6.07, 6.45) is -4.13. The van der Waals surface area contributed by atoms with E-state index in [9.17, 15) is 18.0 Å². The molecule has 0 aromatic heterocycles. The van der Waals surface area contributed by atoms with E-state index in [1.165, 1.54) is 17.0 Å². The molecule has 28 heavy (non-hydrogen) atoms. The van der Waals surface area contributed by atoms with Crippen LogP contribution in [0.5, 0.6) is 5.75 Å². The molecule has 1 unspecified atom stereocenters. The third kappa shape index (κ3) is 6.42. The first-order valence-electron chi connectivity index (χ1n) is 8.54. The second-order valence-electron chi connectivity index (χ2n) is 6.37. The maximum atomic E-state index is 13.1. The SMILES string of the molecule is CNC(CCc1ccccc1C(F)(F)F)c1cccc(OC(=O)N(C)C)c1.Cl. The minimum absolute atomic E-state index is 0. The number of hydrogen-bond donors (Lipinski definition) is 1. The molecule has 0 aliphatic heterocycles. The predicted molar refractivity (Wildman–Crippen MR) is 105 cm³/mol. The van der Waals surface area contributed by atoms with E-state index in [0.717, 1.165) is 11.6 Å². The van der Waals surface area contributed by atoms with Gasteiger partial charge in [-0.3, -0.25) is 0 Å². The zero-order valence-corrected chi connectivity index (χ0v) is 16.7. The fraction of sp³-hybridized carbons (Fsp3) is 0.350. The van der Waals surface area contributed by atoms with Gasteiger partial charge < -0.3 is 15.0 Å². The van der Waals surface area contributed by atoms with Gasteiger partial charge in [-0.1, -0.05) is 30.3 Å². The van der Waals surface area contributed by atoms with Crippen LogP contribution in [0.2, 0.25) is 0 Å². The van der Waals surface area contributed by atoms with Crippen molar-refractivity contribution in [3.05, 3.63) is 65.2 Å². The van der Waals surface area contributed by atoms with Crippen LogP contribution in [-0.2, 0) is 12.6 Å². The second kappa shape index (κ2) is 10.3. The third-order valence-electron chi connectivity index (χ3n) is 4.20. The van der Waals surface area contributed by atoms with E-state index < -0.39 is 17.8 Å². The van der Waals surface area contributed by atoms with Gasteiger partial charge in [0.15, 0.2) is 0 Å². The Hall–Kier alpha value is -2.25. The van der Waals surface area contributed by atoms with Crippen molar-refractivity contribution in [2.24, 2.45) is 0 Å². The van der Waals surface area contributed by atoms with Gasteiger partial charge >= 0.3 is 12.3 Å². The molecular weight excluding hydrogens is 393 g/mol. The van der Waals surface area contributed by atoms with Crippen LogP contribution in [0.4, 0.5) is 18.0 Å². The zero-order chi connectivity index (χ0) is 20.0. The third-order valence-corrected chi connectivity index (χ3v) is 4.20. The van der Waals surface area contributed by atoms with Crippen LogP contribution in [-0.4, -0.2) is 32.1 Å². The summed E-state index contributed by atoms with van der Waals surface area (Å²) < 4.78 is 44.7. The lowest BCUT2D eigenvalue weighted by molar-refractivity contribution is -0.138. The van der Waals surface area contributed by atoms with Crippen molar-refractivity contribution in [1.29, 1.82) is 0 Å². The van der Waals surface area contributed by atoms with Gasteiger partial charge in [0.1, 0.15) is 5.75 Å². The number of ether oxygens (including phenoxy) is 1. The molecule has 0 saturated heterocycles. The number of nitrogens with zero attached hydrogens (tertiary/aromatic N) is 1. The monoisotopic (exact) mass is 416 g/mol. The van der Waals surface area contributed by atoms with Crippen LogP contribution < -0.4 is 10.1 Å². The molecule has 8 heteroatoms. The maximum absolute atomic E-state index is 13.1. The summed E-state index contributed by atoms with van der Waals surface area (Å²) in [6, 6.07) is 12.4. The quantitative estimate of drug-likeness (QED) is 0.713. The van der Waals surface area contributed by atoms with E-state index in [4.69, 9.17) is 4.74 Å². The molecule has 0 heterocycles. The first kappa shape index (κ1) is 23.8. The number of amides is 1. The Labute approximate surface area is 169 Å². The Morgan fingerprint density at radius 1 is 1.14 bits per heavy atom. The lowest BCUT2D eigenvalue weighted by Crippen LogP contribution is -2.25. The number of hydrogen-bond acceptors (Lipinski definition) is 3. The Morgan fingerprint density at radius 2 is 1.82 bits per heavy atom. The Morgan fingerprint density at radius 3 is 2.43 bits per heavy atom. The molecular formula is C20H24ClF3N2O2. The zero-order valence-electron chi connectivity index (χ0n) is 15.9. The fourth-order valence-electron chi connectivity index (χ4n) is 2.78. The predicted octanol–water partition coefficient (Wildman–Crippen LogP) is 5.08. The number of nitrogens with one attached hydrogen (secondary N) is 1. The summed E-state index contributed by atoms with van der Waals surface area (Å²) in [6.45, 7) is 0. The molecule has 0 fully saturated rings. The Bertz CT molecular complexity index is 782. The van der Waals surface area contributed by atoms with Crippen molar-refractivity contribution in [3.8, 4) is 5.75 Å². The van der Waals surface area contributed by atoms with Gasteiger partial charge in [-0.05, 0) is 49.2 Å². The molecule has 0 spiro atoms. The Balaban J connectivity index is 0.00000392. The molecule has 2 aromatic rings. The van der Waals surface area contributed by atoms with E-state index in [1.54, 1.807) is 45.4 Å². The highest BCUT2D eigenvalue weighted by atomic mass is 35.5. The molecule has 2 aromatic carbocycles. The number of alkyl halides is 3. The van der Waals surface area contributed by atoms with Gasteiger partial charge in [0.2, 0.25) is 0 Å². The summed E-state index contributed by atoms with van der Waals surface area (Å²) in [5, 5.41) is 3.12. The minimum atomic E-state index is -4.37. The van der Waals surface area contributed by atoms with Crippen LogP contribution in [0.1, 0.15) is 29.2 Å². The average molecular weight is 417 g/mol. The van der Waals surface area contributed by atoms with E-state index in [0.29, 0.717) is 12.2 Å². The molecule has 0 aliphatic carbocycles. The molecule has 1 N–H and O–H groups in total. The highest BCUT2D eigenvalue weighted by molar-refractivity contribution is 5.85. The number of carbonyl (C=O) groups excluding carboxylic acids is 1. The number of halogens is 4. The Kier molecular flexibility index (Phi) is 8.78. The van der Waals surface area contributed by atoms with E-state index in [-0.39, 0.29) is 30.4 Å². The average Bonchev–Trinajstić information content (AvgIpc) is 2.62. The van der Waals surface area contributed by atoms with Crippen LogP contribution >= 0.6 is 12.4 Å². The summed E-state index contributed by atoms with van der Waals surface area (Å²) in [5.74, 6) is 0.391. The molecule has 4 nitrogen and oxygen atoms in total. The van der Waals surface area contributed by atoms with Gasteiger partial charge in [0, 0.05) is 20.1 Å². The molecule has 1 amide bonds. The van der Waals surface area contributed by atoms with Gasteiger partial charge in [-0.2, -0.15) is 13.2 Å². The number of benzene rings is 2. The van der Waals surface area contributed by atoms with Gasteiger partial charge in [0.05, 0.1) is 5.56 Å². The molecule has 1 atom stereocenters. The highest BCUT2D eigenvalue weighted by Crippen LogP contribution is 2.33. The van der Waals surface area contributed by atoms with Crippen molar-refractivity contribution in [2.45, 2.75) is 25.1 Å². The van der Waals surface area contributed by atoms with E-state index >= 15 is 0 Å². The molecule has 0 radical (unpaired) electrons. The van der Waals surface area contributed by atoms with Crippen molar-refractivity contribution < 1.29 is 22.7 Å². The minimum Gasteiger partial charge on any atom is -0.410 e. The van der Waals surface area contributed by atoms with Crippen molar-refractivity contribution in [3.63, 3.8) is 0 Å². The van der Waals surface area contributed by atoms with Gasteiger partial charge in [-0.15, -0.1) is 12.4 Å². The van der Waals surface area contributed by atoms with Crippen molar-refractivity contribution in [2.75, 3.05) is 21.1 Å². The number of rotatable bonds is 6. The lowest BCUT2D eigenvalue weighted by atomic mass is 9.96. The number of aryl methyl sites for hydroxylation is 1. The molecule has 0 bridgehead atoms. The fourth-order valence-corrected chi connectivity index (χ4v) is 2.78. The van der Waals surface area contributed by atoms with Crippen LogP contribution in [0.3, 0.4) is 0 Å². The molecule has 0 saturated carbocycles. The molecule has 154 valence electrons. The van der Waals surface area contributed by atoms with Crippen LogP contribution in [0, 0.1) is 0 Å². The second-order valence-corrected chi connectivity index (χ2v) is 6.37. The lowest BCUT2D eigenvalue weighted by Gasteiger charge is -2.19. The number of carbonyl (C=O) groups is 1. The van der Waals surface area contributed by atoms with Crippen LogP contribution in [0.15, 0.2) is 48.5 Å². The van der Waals surface area contributed by atoms with Crippen molar-refractivity contribution in [1.82, 2.24) is 10.2 Å². The topological polar surface area (TPSA) is 41.6 Å². The van der Waals surface area contributed by atoms with E-state index in [1.807, 2.05) is 6.07 Å². The largest absolute Gasteiger partial charge is 0.416 e.